The lowest BCUT2D eigenvalue weighted by molar-refractivity contribution is 0.176. The largest absolute Gasteiger partial charge is 0.493 e. The molecule has 1 saturated heterocycles. The lowest BCUT2D eigenvalue weighted by atomic mass is 9.90. The molecule has 0 aliphatic carbocycles. The molecule has 28 heavy (non-hydrogen) atoms. The highest BCUT2D eigenvalue weighted by molar-refractivity contribution is 7.91. The predicted octanol–water partition coefficient (Wildman–Crippen LogP) is 3.53. The van der Waals surface area contributed by atoms with E-state index in [1.54, 1.807) is 12.1 Å². The molecule has 2 aliphatic heterocycles. The number of ether oxygens (including phenoxy) is 2. The van der Waals surface area contributed by atoms with Gasteiger partial charge in [-0.2, -0.15) is 0 Å². The summed E-state index contributed by atoms with van der Waals surface area (Å²) in [4.78, 5) is -0.0263. The van der Waals surface area contributed by atoms with Crippen molar-refractivity contribution in [2.24, 2.45) is 5.92 Å². The molecule has 0 aromatic heterocycles. The smallest absolute Gasteiger partial charge is 0.206 e. The van der Waals surface area contributed by atoms with Gasteiger partial charge in [0.15, 0.2) is 0 Å². The summed E-state index contributed by atoms with van der Waals surface area (Å²) < 4.78 is 51.7. The molecule has 2 aliphatic rings. The van der Waals surface area contributed by atoms with Crippen molar-refractivity contribution in [2.75, 3.05) is 19.7 Å². The number of hydrogen-bond donors (Lipinski definition) is 1. The molecule has 0 spiro atoms. The summed E-state index contributed by atoms with van der Waals surface area (Å²) >= 11 is 0. The summed E-state index contributed by atoms with van der Waals surface area (Å²) in [7, 11) is -3.89. The van der Waals surface area contributed by atoms with E-state index in [2.05, 4.69) is 5.32 Å². The third kappa shape index (κ3) is 3.61. The van der Waals surface area contributed by atoms with Gasteiger partial charge in [-0.1, -0.05) is 19.9 Å². The van der Waals surface area contributed by atoms with E-state index >= 15 is 0 Å². The van der Waals surface area contributed by atoms with Crippen LogP contribution in [0.1, 0.15) is 31.7 Å². The molecule has 150 valence electrons. The molecule has 2 heterocycles. The summed E-state index contributed by atoms with van der Waals surface area (Å²) in [6, 6.07) is 8.57. The van der Waals surface area contributed by atoms with Gasteiger partial charge in [0.05, 0.1) is 16.4 Å². The van der Waals surface area contributed by atoms with Crippen LogP contribution < -0.4 is 14.8 Å². The fourth-order valence-corrected chi connectivity index (χ4v) is 5.06. The molecule has 0 saturated carbocycles. The molecule has 2 aromatic carbocycles. The van der Waals surface area contributed by atoms with Gasteiger partial charge >= 0.3 is 0 Å². The third-order valence-corrected chi connectivity index (χ3v) is 6.87. The zero-order valence-corrected chi connectivity index (χ0v) is 16.8. The number of piperidine rings is 1. The molecule has 5 nitrogen and oxygen atoms in total. The zero-order valence-electron chi connectivity index (χ0n) is 15.9. The van der Waals surface area contributed by atoms with Crippen molar-refractivity contribution in [3.05, 3.63) is 47.8 Å². The van der Waals surface area contributed by atoms with Crippen molar-refractivity contribution >= 4 is 9.84 Å². The van der Waals surface area contributed by atoms with Crippen molar-refractivity contribution in [1.29, 1.82) is 0 Å². The standard InChI is InChI=1S/C21H24FNO4S/c1-13(2)12-26-15-7-14(22)8-17(9-15)28(24,25)16-3-4-18-19-5-6-23-11-21(19)27-20(18)10-16/h3-4,7-10,13,19,21,23H,5-6,11-12H2,1-2H3. The second-order valence-corrected chi connectivity index (χ2v) is 9.74. The maximum Gasteiger partial charge on any atom is 0.206 e. The van der Waals surface area contributed by atoms with Gasteiger partial charge in [-0.15, -0.1) is 0 Å². The molecule has 0 amide bonds. The van der Waals surface area contributed by atoms with Crippen LogP contribution in [-0.4, -0.2) is 34.2 Å². The van der Waals surface area contributed by atoms with Crippen LogP contribution in [0, 0.1) is 11.7 Å². The number of benzene rings is 2. The summed E-state index contributed by atoms with van der Waals surface area (Å²) in [5.74, 6) is 0.706. The maximum atomic E-state index is 14.0. The van der Waals surface area contributed by atoms with Crippen LogP contribution in [0.2, 0.25) is 0 Å². The highest BCUT2D eigenvalue weighted by Crippen LogP contribution is 2.42. The number of rotatable bonds is 5. The van der Waals surface area contributed by atoms with E-state index in [1.165, 1.54) is 12.1 Å². The van der Waals surface area contributed by atoms with E-state index in [0.29, 0.717) is 18.3 Å². The third-order valence-electron chi connectivity index (χ3n) is 5.14. The molecular weight excluding hydrogens is 381 g/mol. The monoisotopic (exact) mass is 405 g/mol. The Balaban J connectivity index is 1.66. The van der Waals surface area contributed by atoms with Gasteiger partial charge in [-0.3, -0.25) is 0 Å². The quantitative estimate of drug-likeness (QED) is 0.824. The molecule has 2 unspecified atom stereocenters. The minimum absolute atomic E-state index is 0.0342. The van der Waals surface area contributed by atoms with Crippen molar-refractivity contribution in [2.45, 2.75) is 42.1 Å². The van der Waals surface area contributed by atoms with E-state index in [9.17, 15) is 12.8 Å². The number of fused-ring (bicyclic) bond motifs is 3. The molecule has 2 atom stereocenters. The predicted molar refractivity (Wildman–Crippen MR) is 103 cm³/mol. The van der Waals surface area contributed by atoms with E-state index < -0.39 is 15.7 Å². The van der Waals surface area contributed by atoms with E-state index in [1.807, 2.05) is 19.9 Å². The first-order valence-electron chi connectivity index (χ1n) is 9.54. The maximum absolute atomic E-state index is 14.0. The summed E-state index contributed by atoms with van der Waals surface area (Å²) in [6.45, 7) is 5.99. The Kier molecular flexibility index (Phi) is 5.05. The highest BCUT2D eigenvalue weighted by atomic mass is 32.2. The first kappa shape index (κ1) is 19.2. The lowest BCUT2D eigenvalue weighted by Gasteiger charge is -2.24. The topological polar surface area (TPSA) is 64.6 Å². The van der Waals surface area contributed by atoms with Gasteiger partial charge in [0.25, 0.3) is 0 Å². The van der Waals surface area contributed by atoms with Crippen molar-refractivity contribution in [3.63, 3.8) is 0 Å². The molecular formula is C21H24FNO4S. The molecule has 7 heteroatoms. The van der Waals surface area contributed by atoms with Crippen LogP contribution in [0.15, 0.2) is 46.2 Å². The Labute approximate surface area is 164 Å². The van der Waals surface area contributed by atoms with Gasteiger partial charge in [0, 0.05) is 24.1 Å². The van der Waals surface area contributed by atoms with Crippen LogP contribution in [0.3, 0.4) is 0 Å². The van der Waals surface area contributed by atoms with Gasteiger partial charge < -0.3 is 14.8 Å². The van der Waals surface area contributed by atoms with Crippen LogP contribution in [0.5, 0.6) is 11.5 Å². The minimum atomic E-state index is -3.89. The first-order chi connectivity index (χ1) is 13.3. The Morgan fingerprint density at radius 3 is 2.82 bits per heavy atom. The van der Waals surface area contributed by atoms with Gasteiger partial charge in [-0.25, -0.2) is 12.8 Å². The Hall–Kier alpha value is -2.12. The molecule has 1 fully saturated rings. The minimum Gasteiger partial charge on any atom is -0.493 e. The van der Waals surface area contributed by atoms with Gasteiger partial charge in [0.1, 0.15) is 23.4 Å². The fourth-order valence-electron chi connectivity index (χ4n) is 3.74. The Morgan fingerprint density at radius 1 is 1.21 bits per heavy atom. The van der Waals surface area contributed by atoms with Crippen LogP contribution in [0.4, 0.5) is 4.39 Å². The second kappa shape index (κ2) is 7.37. The normalized spacial score (nSPS) is 21.1. The fraction of sp³-hybridized carbons (Fsp3) is 0.429. The van der Waals surface area contributed by atoms with Crippen LogP contribution >= 0.6 is 0 Å². The Morgan fingerprint density at radius 2 is 2.04 bits per heavy atom. The van der Waals surface area contributed by atoms with Gasteiger partial charge in [-0.05, 0) is 43.1 Å². The number of sulfone groups is 1. The van der Waals surface area contributed by atoms with Crippen molar-refractivity contribution < 1.29 is 22.3 Å². The van der Waals surface area contributed by atoms with E-state index in [-0.39, 0.29) is 27.6 Å². The summed E-state index contributed by atoms with van der Waals surface area (Å²) in [6.07, 6.45) is 0.997. The number of halogens is 1. The van der Waals surface area contributed by atoms with Crippen LogP contribution in [-0.2, 0) is 9.84 Å². The lowest BCUT2D eigenvalue weighted by Crippen LogP contribution is -2.39. The number of nitrogens with one attached hydrogen (secondary N) is 1. The van der Waals surface area contributed by atoms with Crippen LogP contribution in [0.25, 0.3) is 0 Å². The zero-order chi connectivity index (χ0) is 19.9. The molecule has 0 bridgehead atoms. The van der Waals surface area contributed by atoms with E-state index in [4.69, 9.17) is 9.47 Å². The van der Waals surface area contributed by atoms with Crippen molar-refractivity contribution in [1.82, 2.24) is 5.32 Å². The molecule has 0 radical (unpaired) electrons. The molecule has 2 aromatic rings. The highest BCUT2D eigenvalue weighted by Gasteiger charge is 2.37. The second-order valence-electron chi connectivity index (χ2n) is 7.79. The average molecular weight is 405 g/mol. The summed E-state index contributed by atoms with van der Waals surface area (Å²) in [5.41, 5.74) is 1.05. The molecule has 4 rings (SSSR count). The SMILES string of the molecule is CC(C)COc1cc(F)cc(S(=O)(=O)c2ccc3c(c2)OC2CNCCC32)c1. The Bertz CT molecular complexity index is 990. The average Bonchev–Trinajstić information content (AvgIpc) is 3.03. The number of hydrogen-bond acceptors (Lipinski definition) is 5. The first-order valence-corrected chi connectivity index (χ1v) is 11.0. The van der Waals surface area contributed by atoms with Gasteiger partial charge in [0.2, 0.25) is 9.84 Å². The summed E-state index contributed by atoms with van der Waals surface area (Å²) in [5, 5.41) is 3.30. The van der Waals surface area contributed by atoms with E-state index in [0.717, 1.165) is 31.1 Å². The molecule has 1 N–H and O–H groups in total. The van der Waals surface area contributed by atoms with Crippen molar-refractivity contribution in [3.8, 4) is 11.5 Å².